The molecule has 0 aromatic heterocycles. The van der Waals surface area contributed by atoms with Crippen molar-refractivity contribution in [2.45, 2.75) is 85.1 Å². The maximum Gasteiger partial charge on any atom is 0.308 e. The average molecular weight is 462 g/mol. The van der Waals surface area contributed by atoms with Gasteiger partial charge in [-0.15, -0.1) is 0 Å². The van der Waals surface area contributed by atoms with Gasteiger partial charge >= 0.3 is 17.9 Å². The third-order valence-corrected chi connectivity index (χ3v) is 5.68. The molecule has 0 aliphatic carbocycles. The van der Waals surface area contributed by atoms with Gasteiger partial charge in [0.05, 0.1) is 12.6 Å². The SMILES string of the molecule is CC(=O)OCCCCCCCCC1c2ccc(OC(C)=O)c(OC(C)=O)c2CCN1C(C)=O. The second-order valence-corrected chi connectivity index (χ2v) is 8.38. The monoisotopic (exact) mass is 461 g/mol. The summed E-state index contributed by atoms with van der Waals surface area (Å²) >= 11 is 0. The summed E-state index contributed by atoms with van der Waals surface area (Å²) in [5, 5.41) is 0. The summed E-state index contributed by atoms with van der Waals surface area (Å²) in [4.78, 5) is 48.2. The Morgan fingerprint density at radius 3 is 2.09 bits per heavy atom. The van der Waals surface area contributed by atoms with E-state index in [1.165, 1.54) is 20.8 Å². The van der Waals surface area contributed by atoms with Crippen LogP contribution in [0.1, 0.15) is 89.8 Å². The zero-order chi connectivity index (χ0) is 24.4. The van der Waals surface area contributed by atoms with Crippen molar-refractivity contribution in [3.8, 4) is 11.5 Å². The molecular weight excluding hydrogens is 426 g/mol. The zero-order valence-electron chi connectivity index (χ0n) is 20.1. The second-order valence-electron chi connectivity index (χ2n) is 8.38. The molecule has 1 heterocycles. The molecule has 1 unspecified atom stereocenters. The Morgan fingerprint density at radius 1 is 0.848 bits per heavy atom. The number of carbonyl (C=O) groups is 4. The smallest absolute Gasteiger partial charge is 0.308 e. The molecule has 1 aromatic rings. The van der Waals surface area contributed by atoms with Crippen LogP contribution in [-0.4, -0.2) is 41.9 Å². The predicted molar refractivity (Wildman–Crippen MR) is 122 cm³/mol. The standard InChI is InChI=1S/C25H35NO7/c1-17(27)26-15-14-22-21(12-13-24(32-19(3)29)25(22)33-20(4)30)23(26)11-9-7-5-6-8-10-16-31-18(2)28/h12-13,23H,5-11,14-16H2,1-4H3. The topological polar surface area (TPSA) is 99.2 Å². The van der Waals surface area contributed by atoms with Crippen molar-refractivity contribution in [1.82, 2.24) is 4.90 Å². The van der Waals surface area contributed by atoms with Gasteiger partial charge in [0.15, 0.2) is 11.5 Å². The Kier molecular flexibility index (Phi) is 10.4. The highest BCUT2D eigenvalue weighted by Crippen LogP contribution is 2.42. The fraction of sp³-hybridized carbons (Fsp3) is 0.600. The van der Waals surface area contributed by atoms with Crippen molar-refractivity contribution < 1.29 is 33.4 Å². The highest BCUT2D eigenvalue weighted by atomic mass is 16.6. The molecule has 0 saturated heterocycles. The van der Waals surface area contributed by atoms with E-state index in [1.807, 2.05) is 11.0 Å². The fourth-order valence-electron chi connectivity index (χ4n) is 4.29. The Balaban J connectivity index is 2.06. The number of unbranched alkanes of at least 4 members (excludes halogenated alkanes) is 5. The van der Waals surface area contributed by atoms with Gasteiger partial charge in [-0.1, -0.05) is 38.2 Å². The minimum atomic E-state index is -0.492. The van der Waals surface area contributed by atoms with E-state index < -0.39 is 11.9 Å². The van der Waals surface area contributed by atoms with Crippen LogP contribution in [0.15, 0.2) is 12.1 Å². The summed E-state index contributed by atoms with van der Waals surface area (Å²) in [5.74, 6) is -0.717. The molecule has 0 spiro atoms. The lowest BCUT2D eigenvalue weighted by atomic mass is 9.88. The number of fused-ring (bicyclic) bond motifs is 1. The highest BCUT2D eigenvalue weighted by molar-refractivity contribution is 5.77. The summed E-state index contributed by atoms with van der Waals surface area (Å²) in [6, 6.07) is 3.39. The van der Waals surface area contributed by atoms with E-state index in [0.29, 0.717) is 19.6 Å². The van der Waals surface area contributed by atoms with Crippen LogP contribution in [-0.2, 0) is 30.3 Å². The molecular formula is C25H35NO7. The number of hydrogen-bond acceptors (Lipinski definition) is 7. The fourth-order valence-corrected chi connectivity index (χ4v) is 4.29. The molecule has 1 aromatic carbocycles. The van der Waals surface area contributed by atoms with Crippen LogP contribution in [0.2, 0.25) is 0 Å². The second kappa shape index (κ2) is 13.0. The van der Waals surface area contributed by atoms with Gasteiger partial charge in [0, 0.05) is 39.8 Å². The van der Waals surface area contributed by atoms with E-state index in [0.717, 1.165) is 56.1 Å². The normalized spacial score (nSPS) is 14.9. The molecule has 0 radical (unpaired) electrons. The minimum absolute atomic E-state index is 0.00854. The van der Waals surface area contributed by atoms with Crippen LogP contribution in [0, 0.1) is 0 Å². The third-order valence-electron chi connectivity index (χ3n) is 5.68. The van der Waals surface area contributed by atoms with Crippen LogP contribution < -0.4 is 9.47 Å². The number of hydrogen-bond donors (Lipinski definition) is 0. The molecule has 1 aliphatic rings. The van der Waals surface area contributed by atoms with Crippen molar-refractivity contribution in [3.05, 3.63) is 23.3 Å². The Hall–Kier alpha value is -2.90. The van der Waals surface area contributed by atoms with Gasteiger partial charge in [-0.3, -0.25) is 19.2 Å². The van der Waals surface area contributed by atoms with Crippen LogP contribution in [0.25, 0.3) is 0 Å². The van der Waals surface area contributed by atoms with Crippen molar-refractivity contribution in [2.75, 3.05) is 13.2 Å². The van der Waals surface area contributed by atoms with Crippen molar-refractivity contribution >= 4 is 23.8 Å². The molecule has 0 fully saturated rings. The first-order chi connectivity index (χ1) is 15.7. The van der Waals surface area contributed by atoms with Crippen LogP contribution in [0.4, 0.5) is 0 Å². The number of rotatable bonds is 11. The predicted octanol–water partition coefficient (Wildman–Crippen LogP) is 4.28. The summed E-state index contributed by atoms with van der Waals surface area (Å²) < 4.78 is 15.7. The van der Waals surface area contributed by atoms with E-state index in [4.69, 9.17) is 14.2 Å². The molecule has 0 N–H and O–H groups in total. The maximum atomic E-state index is 12.3. The van der Waals surface area contributed by atoms with Gasteiger partial charge < -0.3 is 19.1 Å². The third kappa shape index (κ3) is 8.18. The summed E-state index contributed by atoms with van der Waals surface area (Å²) in [6.45, 7) is 6.59. The first-order valence-electron chi connectivity index (χ1n) is 11.6. The number of carbonyl (C=O) groups excluding carboxylic acids is 4. The average Bonchev–Trinajstić information content (AvgIpc) is 2.72. The first kappa shape index (κ1) is 26.4. The van der Waals surface area contributed by atoms with E-state index in [9.17, 15) is 19.2 Å². The lowest BCUT2D eigenvalue weighted by molar-refractivity contribution is -0.141. The lowest BCUT2D eigenvalue weighted by Crippen LogP contribution is -2.39. The molecule has 0 saturated carbocycles. The van der Waals surface area contributed by atoms with Gasteiger partial charge in [0.25, 0.3) is 0 Å². The van der Waals surface area contributed by atoms with E-state index >= 15 is 0 Å². The van der Waals surface area contributed by atoms with Crippen LogP contribution in [0.5, 0.6) is 11.5 Å². The first-order valence-corrected chi connectivity index (χ1v) is 11.6. The summed E-state index contributed by atoms with van der Waals surface area (Å²) in [5.41, 5.74) is 1.75. The van der Waals surface area contributed by atoms with Crippen molar-refractivity contribution in [2.24, 2.45) is 0 Å². The van der Waals surface area contributed by atoms with Gasteiger partial charge in [-0.2, -0.15) is 0 Å². The molecule has 1 aliphatic heterocycles. The van der Waals surface area contributed by atoms with Crippen molar-refractivity contribution in [3.63, 3.8) is 0 Å². The highest BCUT2D eigenvalue weighted by Gasteiger charge is 2.32. The molecule has 1 amide bonds. The molecule has 8 heteroatoms. The number of nitrogens with zero attached hydrogens (tertiary/aromatic N) is 1. The zero-order valence-corrected chi connectivity index (χ0v) is 20.1. The Labute approximate surface area is 195 Å². The van der Waals surface area contributed by atoms with Crippen LogP contribution in [0.3, 0.4) is 0 Å². The summed E-state index contributed by atoms with van der Waals surface area (Å²) in [7, 11) is 0. The largest absolute Gasteiger partial charge is 0.466 e. The summed E-state index contributed by atoms with van der Waals surface area (Å²) in [6.07, 6.45) is 7.34. The molecule has 182 valence electrons. The molecule has 2 rings (SSSR count). The van der Waals surface area contributed by atoms with Gasteiger partial charge in [-0.25, -0.2) is 0 Å². The minimum Gasteiger partial charge on any atom is -0.466 e. The van der Waals surface area contributed by atoms with Gasteiger partial charge in [0.2, 0.25) is 5.91 Å². The van der Waals surface area contributed by atoms with E-state index in [-0.39, 0.29) is 29.4 Å². The lowest BCUT2D eigenvalue weighted by Gasteiger charge is -2.37. The quantitative estimate of drug-likeness (QED) is 0.275. The number of esters is 3. The van der Waals surface area contributed by atoms with E-state index in [2.05, 4.69) is 0 Å². The van der Waals surface area contributed by atoms with Gasteiger partial charge in [-0.05, 0) is 30.9 Å². The van der Waals surface area contributed by atoms with Crippen LogP contribution >= 0.6 is 0 Å². The maximum absolute atomic E-state index is 12.3. The number of amides is 1. The molecule has 8 nitrogen and oxygen atoms in total. The number of ether oxygens (including phenoxy) is 3. The van der Waals surface area contributed by atoms with Crippen molar-refractivity contribution in [1.29, 1.82) is 0 Å². The molecule has 33 heavy (non-hydrogen) atoms. The Morgan fingerprint density at radius 2 is 1.48 bits per heavy atom. The number of benzene rings is 1. The molecule has 0 bridgehead atoms. The Bertz CT molecular complexity index is 865. The van der Waals surface area contributed by atoms with E-state index in [1.54, 1.807) is 13.0 Å². The molecule has 1 atom stereocenters. The van der Waals surface area contributed by atoms with Gasteiger partial charge in [0.1, 0.15) is 0 Å².